The highest BCUT2D eigenvalue weighted by Crippen LogP contribution is 2.27. The van der Waals surface area contributed by atoms with Crippen LogP contribution in [0.25, 0.3) is 0 Å². The van der Waals surface area contributed by atoms with Gasteiger partial charge in [-0.05, 0) is 30.9 Å². The zero-order valence-corrected chi connectivity index (χ0v) is 12.0. The number of ether oxygens (including phenoxy) is 1. The summed E-state index contributed by atoms with van der Waals surface area (Å²) in [6, 6.07) is 1.37. The summed E-state index contributed by atoms with van der Waals surface area (Å²) in [7, 11) is -3.47. The van der Waals surface area contributed by atoms with Crippen LogP contribution in [0.2, 0.25) is 0 Å². The molecule has 2 unspecified atom stereocenters. The molecule has 0 amide bonds. The Morgan fingerprint density at radius 2 is 2.28 bits per heavy atom. The highest BCUT2D eigenvalue weighted by atomic mass is 32.2. The van der Waals surface area contributed by atoms with Crippen molar-refractivity contribution < 1.29 is 18.3 Å². The molecule has 0 aliphatic carbocycles. The number of hydrogen-bond acceptors (Lipinski definition) is 5. The third-order valence-corrected chi connectivity index (χ3v) is 6.37. The van der Waals surface area contributed by atoms with Crippen molar-refractivity contribution in [3.63, 3.8) is 0 Å². The number of aliphatic hydroxyl groups excluding tert-OH is 1. The van der Waals surface area contributed by atoms with Crippen molar-refractivity contribution in [2.75, 3.05) is 13.2 Å². The Bertz CT molecular complexity index is 511. The summed E-state index contributed by atoms with van der Waals surface area (Å²) >= 11 is 1.15. The van der Waals surface area contributed by atoms with E-state index in [1.165, 1.54) is 10.4 Å². The van der Waals surface area contributed by atoms with Gasteiger partial charge >= 0.3 is 0 Å². The van der Waals surface area contributed by atoms with Crippen molar-refractivity contribution in [2.24, 2.45) is 0 Å². The fourth-order valence-corrected chi connectivity index (χ4v) is 4.91. The zero-order chi connectivity index (χ0) is 13.3. The molecule has 102 valence electrons. The summed E-state index contributed by atoms with van der Waals surface area (Å²) in [6.07, 6.45) is -0.0896. The van der Waals surface area contributed by atoms with Crippen LogP contribution in [0.4, 0.5) is 0 Å². The van der Waals surface area contributed by atoms with E-state index in [-0.39, 0.29) is 23.0 Å². The second-order valence-corrected chi connectivity index (χ2v) is 7.53. The molecule has 0 aromatic carbocycles. The SMILES string of the molecule is CC1CN(S(=O)(=O)c2cc(CO)cs2)C(C)CO1. The van der Waals surface area contributed by atoms with Gasteiger partial charge in [-0.1, -0.05) is 0 Å². The molecule has 2 atom stereocenters. The van der Waals surface area contributed by atoms with E-state index in [4.69, 9.17) is 9.84 Å². The Morgan fingerprint density at radius 1 is 1.56 bits per heavy atom. The van der Waals surface area contributed by atoms with Gasteiger partial charge in [0.1, 0.15) is 4.21 Å². The molecule has 0 saturated carbocycles. The molecule has 7 heteroatoms. The third kappa shape index (κ3) is 2.60. The van der Waals surface area contributed by atoms with Gasteiger partial charge in [0.2, 0.25) is 0 Å². The standard InChI is InChI=1S/C11H17NO4S2/c1-8-6-16-9(2)4-12(8)18(14,15)11-3-10(5-13)7-17-11/h3,7-9,13H,4-6H2,1-2H3. The van der Waals surface area contributed by atoms with Crippen molar-refractivity contribution in [3.05, 3.63) is 17.0 Å². The van der Waals surface area contributed by atoms with Gasteiger partial charge in [0.15, 0.2) is 0 Å². The lowest BCUT2D eigenvalue weighted by Gasteiger charge is -2.35. The summed E-state index contributed by atoms with van der Waals surface area (Å²) in [6.45, 7) is 4.35. The quantitative estimate of drug-likeness (QED) is 0.903. The molecular weight excluding hydrogens is 274 g/mol. The molecule has 0 radical (unpaired) electrons. The number of nitrogens with zero attached hydrogens (tertiary/aromatic N) is 1. The van der Waals surface area contributed by atoms with E-state index in [9.17, 15) is 8.42 Å². The molecule has 0 spiro atoms. The number of rotatable bonds is 3. The van der Waals surface area contributed by atoms with E-state index in [1.54, 1.807) is 5.38 Å². The molecule has 1 aromatic heterocycles. The lowest BCUT2D eigenvalue weighted by Crippen LogP contribution is -2.49. The van der Waals surface area contributed by atoms with E-state index in [2.05, 4.69) is 0 Å². The molecular formula is C11H17NO4S2. The molecule has 1 aliphatic heterocycles. The molecule has 18 heavy (non-hydrogen) atoms. The van der Waals surface area contributed by atoms with Crippen LogP contribution < -0.4 is 0 Å². The van der Waals surface area contributed by atoms with Gasteiger partial charge < -0.3 is 9.84 Å². The summed E-state index contributed by atoms with van der Waals surface area (Å²) < 4.78 is 32.1. The maximum Gasteiger partial charge on any atom is 0.252 e. The van der Waals surface area contributed by atoms with Gasteiger partial charge in [0.05, 0.1) is 19.3 Å². The molecule has 1 saturated heterocycles. The first-order valence-corrected chi connectivity index (χ1v) is 8.09. The first-order chi connectivity index (χ1) is 8.45. The van der Waals surface area contributed by atoms with Gasteiger partial charge in [0, 0.05) is 12.6 Å². The van der Waals surface area contributed by atoms with Gasteiger partial charge in [0.25, 0.3) is 10.0 Å². The highest BCUT2D eigenvalue weighted by Gasteiger charge is 2.34. The van der Waals surface area contributed by atoms with Crippen molar-refractivity contribution in [2.45, 2.75) is 36.8 Å². The van der Waals surface area contributed by atoms with Crippen LogP contribution in [-0.4, -0.2) is 43.1 Å². The van der Waals surface area contributed by atoms with Crippen LogP contribution in [0.15, 0.2) is 15.7 Å². The van der Waals surface area contributed by atoms with E-state index in [0.717, 1.165) is 11.3 Å². The normalized spacial score (nSPS) is 26.4. The van der Waals surface area contributed by atoms with Gasteiger partial charge in [-0.15, -0.1) is 11.3 Å². The Balaban J connectivity index is 2.29. The topological polar surface area (TPSA) is 66.8 Å². The number of hydrogen-bond donors (Lipinski definition) is 1. The Kier molecular flexibility index (Phi) is 4.08. The van der Waals surface area contributed by atoms with Crippen LogP contribution in [0.5, 0.6) is 0 Å². The fraction of sp³-hybridized carbons (Fsp3) is 0.636. The van der Waals surface area contributed by atoms with Crippen LogP contribution in [-0.2, 0) is 21.4 Å². The molecule has 1 fully saturated rings. The average Bonchev–Trinajstić information content (AvgIpc) is 2.81. The number of thiophene rings is 1. The van der Waals surface area contributed by atoms with E-state index < -0.39 is 10.0 Å². The molecule has 0 bridgehead atoms. The van der Waals surface area contributed by atoms with E-state index in [0.29, 0.717) is 18.7 Å². The second kappa shape index (κ2) is 5.26. The van der Waals surface area contributed by atoms with Gasteiger partial charge in [-0.2, -0.15) is 4.31 Å². The van der Waals surface area contributed by atoms with E-state index in [1.807, 2.05) is 13.8 Å². The summed E-state index contributed by atoms with van der Waals surface area (Å²) in [5, 5.41) is 10.7. The maximum atomic E-state index is 12.5. The van der Waals surface area contributed by atoms with Crippen molar-refractivity contribution in [1.29, 1.82) is 0 Å². The van der Waals surface area contributed by atoms with Gasteiger partial charge in [-0.3, -0.25) is 0 Å². The van der Waals surface area contributed by atoms with Gasteiger partial charge in [-0.25, -0.2) is 8.42 Å². The van der Waals surface area contributed by atoms with E-state index >= 15 is 0 Å². The van der Waals surface area contributed by atoms with Crippen LogP contribution >= 0.6 is 11.3 Å². The van der Waals surface area contributed by atoms with Crippen molar-refractivity contribution in [1.82, 2.24) is 4.31 Å². The van der Waals surface area contributed by atoms with Crippen molar-refractivity contribution in [3.8, 4) is 0 Å². The fourth-order valence-electron chi connectivity index (χ4n) is 1.89. The molecule has 2 heterocycles. The molecule has 1 N–H and O–H groups in total. The number of aliphatic hydroxyl groups is 1. The Labute approximate surface area is 111 Å². The summed E-state index contributed by atoms with van der Waals surface area (Å²) in [4.78, 5) is 0. The monoisotopic (exact) mass is 291 g/mol. The second-order valence-electron chi connectivity index (χ2n) is 4.50. The summed E-state index contributed by atoms with van der Waals surface area (Å²) in [5.74, 6) is 0. The smallest absolute Gasteiger partial charge is 0.252 e. The molecule has 2 rings (SSSR count). The molecule has 1 aliphatic rings. The highest BCUT2D eigenvalue weighted by molar-refractivity contribution is 7.91. The predicted octanol–water partition coefficient (Wildman–Crippen LogP) is 1.04. The maximum absolute atomic E-state index is 12.5. The third-order valence-electron chi connectivity index (χ3n) is 2.93. The largest absolute Gasteiger partial charge is 0.392 e. The average molecular weight is 291 g/mol. The van der Waals surface area contributed by atoms with Crippen LogP contribution in [0, 0.1) is 0 Å². The Hall–Kier alpha value is -0.470. The minimum atomic E-state index is -3.47. The molecule has 5 nitrogen and oxygen atoms in total. The lowest BCUT2D eigenvalue weighted by molar-refractivity contribution is -0.0170. The minimum Gasteiger partial charge on any atom is -0.392 e. The lowest BCUT2D eigenvalue weighted by atomic mass is 10.2. The van der Waals surface area contributed by atoms with Crippen LogP contribution in [0.1, 0.15) is 19.4 Å². The molecule has 1 aromatic rings. The zero-order valence-electron chi connectivity index (χ0n) is 10.4. The summed E-state index contributed by atoms with van der Waals surface area (Å²) in [5.41, 5.74) is 0.632. The minimum absolute atomic E-state index is 0.0896. The number of morpholine rings is 1. The Morgan fingerprint density at radius 3 is 2.89 bits per heavy atom. The first-order valence-electron chi connectivity index (χ1n) is 5.77. The first kappa shape index (κ1) is 14.0. The number of sulfonamides is 1. The predicted molar refractivity (Wildman–Crippen MR) is 69.0 cm³/mol. The van der Waals surface area contributed by atoms with Crippen molar-refractivity contribution >= 4 is 21.4 Å². The van der Waals surface area contributed by atoms with Crippen LogP contribution in [0.3, 0.4) is 0 Å².